The van der Waals surface area contributed by atoms with Crippen molar-refractivity contribution in [1.82, 2.24) is 15.4 Å². The van der Waals surface area contributed by atoms with E-state index in [0.29, 0.717) is 19.5 Å². The Morgan fingerprint density at radius 2 is 2.23 bits per heavy atom. The zero-order valence-electron chi connectivity index (χ0n) is 15.4. The van der Waals surface area contributed by atoms with Crippen molar-refractivity contribution in [2.75, 3.05) is 19.7 Å². The number of nitrogens with one attached hydrogen (secondary N) is 1. The van der Waals surface area contributed by atoms with Crippen LogP contribution in [0.1, 0.15) is 34.6 Å². The van der Waals surface area contributed by atoms with Gasteiger partial charge in [-0.05, 0) is 37.5 Å². The molecule has 0 bridgehead atoms. The van der Waals surface area contributed by atoms with Crippen LogP contribution in [-0.2, 0) is 19.5 Å². The van der Waals surface area contributed by atoms with E-state index in [-0.39, 0.29) is 6.04 Å². The second-order valence-electron chi connectivity index (χ2n) is 7.39. The normalized spacial score (nSPS) is 22.6. The second kappa shape index (κ2) is 7.37. The number of likely N-dealkylation sites (tertiary alicyclic amines) is 1. The summed E-state index contributed by atoms with van der Waals surface area (Å²) < 4.78 is 24.8. The molecule has 1 aromatic heterocycles. The minimum absolute atomic E-state index is 0.191. The molecule has 0 radical (unpaired) electrons. The first-order chi connectivity index (χ1) is 12.6. The summed E-state index contributed by atoms with van der Waals surface area (Å²) in [5.41, 5.74) is 4.52. The molecule has 1 N–H and O–H groups in total. The van der Waals surface area contributed by atoms with Crippen LogP contribution in [-0.4, -0.2) is 42.0 Å². The Hall–Kier alpha value is -1.92. The molecule has 2 atom stereocenters. The molecule has 0 saturated carbocycles. The summed E-state index contributed by atoms with van der Waals surface area (Å²) in [6, 6.07) is 6.56. The summed E-state index contributed by atoms with van der Waals surface area (Å²) in [7, 11) is 0. The topological polar surface area (TPSA) is 50.5 Å². The predicted octanol–water partition coefficient (Wildman–Crippen LogP) is 2.93. The van der Waals surface area contributed by atoms with Gasteiger partial charge in [-0.3, -0.25) is 4.90 Å². The van der Waals surface area contributed by atoms with Crippen molar-refractivity contribution in [1.29, 1.82) is 0 Å². The van der Waals surface area contributed by atoms with Crippen molar-refractivity contribution < 1.29 is 13.7 Å². The fourth-order valence-corrected chi connectivity index (χ4v) is 3.99. The van der Waals surface area contributed by atoms with Crippen LogP contribution in [0.4, 0.5) is 4.39 Å². The van der Waals surface area contributed by atoms with Crippen LogP contribution >= 0.6 is 0 Å². The predicted molar refractivity (Wildman–Crippen MR) is 97.0 cm³/mol. The van der Waals surface area contributed by atoms with Gasteiger partial charge in [-0.15, -0.1) is 0 Å². The highest BCUT2D eigenvalue weighted by Crippen LogP contribution is 2.27. The summed E-state index contributed by atoms with van der Waals surface area (Å²) in [5, 5.41) is 7.52. The molecule has 0 spiro atoms. The van der Waals surface area contributed by atoms with Crippen molar-refractivity contribution in [2.45, 2.75) is 52.0 Å². The number of nitrogens with zero attached hydrogens (tertiary/aromatic N) is 2. The van der Waals surface area contributed by atoms with E-state index < -0.39 is 6.17 Å². The molecule has 0 aliphatic carbocycles. The molecule has 1 saturated heterocycles. The Labute approximate surface area is 153 Å². The molecule has 3 heterocycles. The van der Waals surface area contributed by atoms with Gasteiger partial charge in [0.15, 0.2) is 0 Å². The Kier molecular flexibility index (Phi) is 4.96. The molecule has 26 heavy (non-hydrogen) atoms. The lowest BCUT2D eigenvalue weighted by Crippen LogP contribution is -2.37. The maximum atomic E-state index is 14.0. The number of fused-ring (bicyclic) bond motifs is 1. The number of hydrogen-bond acceptors (Lipinski definition) is 5. The molecule has 6 heteroatoms. The number of rotatable bonds is 6. The fourth-order valence-electron chi connectivity index (χ4n) is 3.99. The van der Waals surface area contributed by atoms with Gasteiger partial charge < -0.3 is 14.6 Å². The van der Waals surface area contributed by atoms with Gasteiger partial charge in [0.1, 0.15) is 17.7 Å². The summed E-state index contributed by atoms with van der Waals surface area (Å²) in [5.74, 6) is 1.84. The SMILES string of the molecule is Cc1noc(C)c1CN1C[C@@H](F)C[C@H]1CNCc1ccc2c(c1)CCO2. The Balaban J connectivity index is 1.34. The van der Waals surface area contributed by atoms with Crippen molar-refractivity contribution in [3.8, 4) is 5.75 Å². The highest BCUT2D eigenvalue weighted by Gasteiger charge is 2.32. The number of ether oxygens (including phenoxy) is 1. The molecule has 2 aromatic rings. The van der Waals surface area contributed by atoms with Crippen LogP contribution in [0.5, 0.6) is 5.75 Å². The highest BCUT2D eigenvalue weighted by atomic mass is 19.1. The van der Waals surface area contributed by atoms with E-state index in [4.69, 9.17) is 9.26 Å². The van der Waals surface area contributed by atoms with Gasteiger partial charge in [-0.2, -0.15) is 0 Å². The van der Waals surface area contributed by atoms with Gasteiger partial charge in [0.25, 0.3) is 0 Å². The van der Waals surface area contributed by atoms with Gasteiger partial charge in [0.2, 0.25) is 0 Å². The summed E-state index contributed by atoms with van der Waals surface area (Å²) in [6.07, 6.45) is 0.800. The number of hydrogen-bond donors (Lipinski definition) is 1. The molecule has 1 aromatic carbocycles. The number of alkyl halides is 1. The first-order valence-corrected chi connectivity index (χ1v) is 9.35. The summed E-state index contributed by atoms with van der Waals surface area (Å²) in [6.45, 7) is 7.39. The zero-order chi connectivity index (χ0) is 18.1. The molecule has 4 rings (SSSR count). The zero-order valence-corrected chi connectivity index (χ0v) is 15.4. The average Bonchev–Trinajstić information content (AvgIpc) is 3.30. The molecule has 5 nitrogen and oxygen atoms in total. The Morgan fingerprint density at radius 3 is 3.04 bits per heavy atom. The van der Waals surface area contributed by atoms with E-state index in [1.54, 1.807) is 0 Å². The first kappa shape index (κ1) is 17.5. The van der Waals surface area contributed by atoms with Gasteiger partial charge >= 0.3 is 0 Å². The third-order valence-electron chi connectivity index (χ3n) is 5.48. The summed E-state index contributed by atoms with van der Waals surface area (Å²) >= 11 is 0. The molecule has 2 aliphatic heterocycles. The molecule has 0 amide bonds. The lowest BCUT2D eigenvalue weighted by Gasteiger charge is -2.24. The van der Waals surface area contributed by atoms with Gasteiger partial charge in [-0.1, -0.05) is 17.3 Å². The fraction of sp³-hybridized carbons (Fsp3) is 0.550. The Bertz CT molecular complexity index is 757. The molecule has 1 fully saturated rings. The number of aryl methyl sites for hydroxylation is 2. The number of aromatic nitrogens is 1. The van der Waals surface area contributed by atoms with E-state index in [1.165, 1.54) is 11.1 Å². The van der Waals surface area contributed by atoms with E-state index in [0.717, 1.165) is 48.9 Å². The maximum Gasteiger partial charge on any atom is 0.138 e. The van der Waals surface area contributed by atoms with Crippen molar-refractivity contribution >= 4 is 0 Å². The van der Waals surface area contributed by atoms with Gasteiger partial charge in [0.05, 0.1) is 12.3 Å². The van der Waals surface area contributed by atoms with E-state index in [1.807, 2.05) is 13.8 Å². The smallest absolute Gasteiger partial charge is 0.138 e. The van der Waals surface area contributed by atoms with E-state index in [9.17, 15) is 4.39 Å². The van der Waals surface area contributed by atoms with Crippen LogP contribution in [0.3, 0.4) is 0 Å². The molecule has 0 unspecified atom stereocenters. The van der Waals surface area contributed by atoms with Crippen LogP contribution in [0, 0.1) is 13.8 Å². The van der Waals surface area contributed by atoms with E-state index >= 15 is 0 Å². The van der Waals surface area contributed by atoms with Crippen LogP contribution < -0.4 is 10.1 Å². The molecular weight excluding hydrogens is 333 g/mol. The maximum absolute atomic E-state index is 14.0. The average molecular weight is 359 g/mol. The lowest BCUT2D eigenvalue weighted by molar-refractivity contribution is 0.228. The Morgan fingerprint density at radius 1 is 1.35 bits per heavy atom. The minimum Gasteiger partial charge on any atom is -0.493 e. The van der Waals surface area contributed by atoms with Crippen molar-refractivity contribution in [2.24, 2.45) is 0 Å². The summed E-state index contributed by atoms with van der Waals surface area (Å²) in [4.78, 5) is 2.21. The number of halogens is 1. The quantitative estimate of drug-likeness (QED) is 0.859. The second-order valence-corrected chi connectivity index (χ2v) is 7.39. The molecule has 140 valence electrons. The van der Waals surface area contributed by atoms with Crippen molar-refractivity contribution in [3.05, 3.63) is 46.3 Å². The molecule has 2 aliphatic rings. The van der Waals surface area contributed by atoms with Crippen LogP contribution in [0.25, 0.3) is 0 Å². The third-order valence-corrected chi connectivity index (χ3v) is 5.48. The van der Waals surface area contributed by atoms with Gasteiger partial charge in [0, 0.05) is 44.2 Å². The van der Waals surface area contributed by atoms with Crippen LogP contribution in [0.2, 0.25) is 0 Å². The molecular formula is C20H26FN3O2. The van der Waals surface area contributed by atoms with Gasteiger partial charge in [-0.25, -0.2) is 4.39 Å². The first-order valence-electron chi connectivity index (χ1n) is 9.35. The van der Waals surface area contributed by atoms with Crippen molar-refractivity contribution in [3.63, 3.8) is 0 Å². The minimum atomic E-state index is -0.764. The highest BCUT2D eigenvalue weighted by molar-refractivity contribution is 5.39. The van der Waals surface area contributed by atoms with E-state index in [2.05, 4.69) is 33.6 Å². The number of benzene rings is 1. The standard InChI is InChI=1S/C20H26FN3O2/c1-13-19(14(2)26-23-13)12-24-11-17(21)8-18(24)10-22-9-15-3-4-20-16(7-15)5-6-25-20/h3-4,7,17-18,22H,5-6,8-12H2,1-2H3/t17-,18-/m0/s1. The van der Waals surface area contributed by atoms with Crippen LogP contribution in [0.15, 0.2) is 22.7 Å². The third kappa shape index (κ3) is 3.62. The monoisotopic (exact) mass is 359 g/mol. The largest absolute Gasteiger partial charge is 0.493 e. The lowest BCUT2D eigenvalue weighted by atomic mass is 10.1.